The van der Waals surface area contributed by atoms with Crippen LogP contribution in [-0.2, 0) is 0 Å². The van der Waals surface area contributed by atoms with Gasteiger partial charge in [0.15, 0.2) is 0 Å². The molecule has 2 aromatic rings. The number of nitrogens with zero attached hydrogens (tertiary/aromatic N) is 1. The Kier molecular flexibility index (Phi) is 6.28. The van der Waals surface area contributed by atoms with Crippen LogP contribution in [0.5, 0.6) is 0 Å². The van der Waals surface area contributed by atoms with Crippen LogP contribution in [0.2, 0.25) is 0 Å². The highest BCUT2D eigenvalue weighted by molar-refractivity contribution is 7.73. The number of benzene rings is 2. The summed E-state index contributed by atoms with van der Waals surface area (Å²) in [5, 5.41) is 13.1. The fraction of sp³-hybridized carbons (Fsp3) is 0.455. The van der Waals surface area contributed by atoms with Gasteiger partial charge in [0.25, 0.3) is 0 Å². The molecule has 3 heteroatoms. The van der Waals surface area contributed by atoms with Gasteiger partial charge < -0.3 is 10.0 Å². The normalized spacial score (nSPS) is 24.8. The first kappa shape index (κ1) is 18.6. The van der Waals surface area contributed by atoms with Crippen LogP contribution in [0, 0.1) is 11.8 Å². The molecular weight excluding hydrogens is 325 g/mol. The maximum absolute atomic E-state index is 10.3. The molecule has 1 saturated carbocycles. The lowest BCUT2D eigenvalue weighted by molar-refractivity contribution is 0.137. The zero-order chi connectivity index (χ0) is 17.8. The van der Waals surface area contributed by atoms with Gasteiger partial charge in [-0.3, -0.25) is 0 Å². The molecule has 134 valence electrons. The highest BCUT2D eigenvalue weighted by atomic mass is 31.1. The smallest absolute Gasteiger partial charge is 0.0468 e. The molecular formula is C22H30NOP. The van der Waals surface area contributed by atoms with E-state index in [1.807, 2.05) is 0 Å². The van der Waals surface area contributed by atoms with Gasteiger partial charge in [0.1, 0.15) is 0 Å². The molecule has 1 aliphatic carbocycles. The number of aliphatic hydroxyl groups excluding tert-OH is 1. The third-order valence-corrected chi connectivity index (χ3v) is 8.90. The Morgan fingerprint density at radius 3 is 1.92 bits per heavy atom. The van der Waals surface area contributed by atoms with E-state index in [0.29, 0.717) is 30.1 Å². The molecule has 3 unspecified atom stereocenters. The van der Waals surface area contributed by atoms with E-state index in [4.69, 9.17) is 0 Å². The Morgan fingerprint density at radius 1 is 0.960 bits per heavy atom. The van der Waals surface area contributed by atoms with Crippen LogP contribution in [0.25, 0.3) is 0 Å². The van der Waals surface area contributed by atoms with Crippen LogP contribution >= 0.6 is 7.92 Å². The highest BCUT2D eigenvalue weighted by Gasteiger charge is 2.43. The predicted molar refractivity (Wildman–Crippen MR) is 109 cm³/mol. The molecule has 25 heavy (non-hydrogen) atoms. The van der Waals surface area contributed by atoms with Crippen molar-refractivity contribution in [3.63, 3.8) is 0 Å². The van der Waals surface area contributed by atoms with Crippen molar-refractivity contribution in [1.82, 2.24) is 4.90 Å². The highest BCUT2D eigenvalue weighted by Crippen LogP contribution is 2.52. The third-order valence-electron chi connectivity index (χ3n) is 5.89. The van der Waals surface area contributed by atoms with E-state index in [2.05, 4.69) is 86.6 Å². The summed E-state index contributed by atoms with van der Waals surface area (Å²) in [7, 11) is 3.87. The second-order valence-corrected chi connectivity index (χ2v) is 9.84. The first-order valence-corrected chi connectivity index (χ1v) is 10.7. The molecule has 2 nitrogen and oxygen atoms in total. The van der Waals surface area contributed by atoms with Crippen molar-refractivity contribution in [2.24, 2.45) is 11.8 Å². The van der Waals surface area contributed by atoms with Crippen LogP contribution in [0.4, 0.5) is 0 Å². The molecule has 1 fully saturated rings. The minimum absolute atomic E-state index is 0.298. The zero-order valence-electron chi connectivity index (χ0n) is 15.5. The first-order chi connectivity index (χ1) is 12.1. The van der Waals surface area contributed by atoms with Crippen molar-refractivity contribution in [3.8, 4) is 0 Å². The third kappa shape index (κ3) is 3.97. The Labute approximate surface area is 153 Å². The van der Waals surface area contributed by atoms with E-state index < -0.39 is 7.92 Å². The van der Waals surface area contributed by atoms with E-state index in [1.54, 1.807) is 0 Å². The molecule has 2 aromatic carbocycles. The average molecular weight is 355 g/mol. The average Bonchev–Trinajstić information content (AvgIpc) is 3.06. The van der Waals surface area contributed by atoms with Gasteiger partial charge in [-0.1, -0.05) is 60.7 Å². The van der Waals surface area contributed by atoms with Gasteiger partial charge >= 0.3 is 0 Å². The van der Waals surface area contributed by atoms with Crippen molar-refractivity contribution < 1.29 is 5.11 Å². The molecule has 3 rings (SSSR count). The van der Waals surface area contributed by atoms with Crippen LogP contribution in [0.3, 0.4) is 0 Å². The summed E-state index contributed by atoms with van der Waals surface area (Å²) in [5.41, 5.74) is 0.553. The fourth-order valence-electron chi connectivity index (χ4n) is 4.35. The van der Waals surface area contributed by atoms with Crippen LogP contribution in [0.15, 0.2) is 60.7 Å². The van der Waals surface area contributed by atoms with Crippen LogP contribution in [0.1, 0.15) is 19.8 Å². The lowest BCUT2D eigenvalue weighted by Gasteiger charge is -2.35. The number of rotatable bonds is 6. The quantitative estimate of drug-likeness (QED) is 0.802. The molecule has 1 N–H and O–H groups in total. The van der Waals surface area contributed by atoms with Crippen molar-refractivity contribution in [2.45, 2.75) is 31.5 Å². The van der Waals surface area contributed by atoms with Crippen LogP contribution < -0.4 is 10.6 Å². The standard InChI is InChI=1S/C22H30NOP/c1-17(23(2)3)20-14-15-22(21(20)16-24)25(18-10-6-4-7-11-18)19-12-8-5-9-13-19/h4-13,17,20-22,24H,14-16H2,1-3H3/t17-,20?,21?,22?/m1/s1. The Balaban J connectivity index is 1.96. The van der Waals surface area contributed by atoms with E-state index in [1.165, 1.54) is 23.5 Å². The Hall–Kier alpha value is -1.21. The number of aliphatic hydroxyl groups is 1. The fourth-order valence-corrected chi connectivity index (χ4v) is 7.50. The number of hydrogen-bond acceptors (Lipinski definition) is 2. The Bertz CT molecular complexity index is 606. The van der Waals surface area contributed by atoms with Gasteiger partial charge in [0, 0.05) is 12.6 Å². The van der Waals surface area contributed by atoms with Crippen LogP contribution in [-0.4, -0.2) is 42.4 Å². The summed E-state index contributed by atoms with van der Waals surface area (Å²) in [6, 6.07) is 22.4. The van der Waals surface area contributed by atoms with Gasteiger partial charge in [-0.25, -0.2) is 0 Å². The molecule has 0 saturated heterocycles. The maximum Gasteiger partial charge on any atom is 0.0468 e. The van der Waals surface area contributed by atoms with Gasteiger partial charge in [0.05, 0.1) is 0 Å². The molecule has 0 amide bonds. The SMILES string of the molecule is C[C@H](C1CCC(P(c2ccccc2)c2ccccc2)C1CO)N(C)C. The molecule has 0 aromatic heterocycles. The molecule has 4 atom stereocenters. The van der Waals surface area contributed by atoms with Crippen molar-refractivity contribution in [2.75, 3.05) is 20.7 Å². The van der Waals surface area contributed by atoms with Gasteiger partial charge in [-0.05, 0) is 69.9 Å². The van der Waals surface area contributed by atoms with Gasteiger partial charge in [-0.15, -0.1) is 0 Å². The van der Waals surface area contributed by atoms with Crippen molar-refractivity contribution in [3.05, 3.63) is 60.7 Å². The topological polar surface area (TPSA) is 23.5 Å². The molecule has 0 heterocycles. The zero-order valence-corrected chi connectivity index (χ0v) is 16.4. The second-order valence-electron chi connectivity index (χ2n) is 7.40. The van der Waals surface area contributed by atoms with E-state index in [-0.39, 0.29) is 0 Å². The first-order valence-electron chi connectivity index (χ1n) is 9.30. The molecule has 0 radical (unpaired) electrons. The van der Waals surface area contributed by atoms with E-state index in [9.17, 15) is 5.11 Å². The van der Waals surface area contributed by atoms with E-state index >= 15 is 0 Å². The minimum atomic E-state index is -0.446. The van der Waals surface area contributed by atoms with Gasteiger partial charge in [-0.2, -0.15) is 0 Å². The molecule has 1 aliphatic rings. The predicted octanol–water partition coefficient (Wildman–Crippen LogP) is 3.46. The summed E-state index contributed by atoms with van der Waals surface area (Å²) >= 11 is 0. The second kappa shape index (κ2) is 8.45. The summed E-state index contributed by atoms with van der Waals surface area (Å²) in [5.74, 6) is 0.950. The minimum Gasteiger partial charge on any atom is -0.396 e. The van der Waals surface area contributed by atoms with Gasteiger partial charge in [0.2, 0.25) is 0 Å². The number of hydrogen-bond donors (Lipinski definition) is 1. The monoisotopic (exact) mass is 355 g/mol. The molecule has 0 spiro atoms. The Morgan fingerprint density at radius 2 is 1.48 bits per heavy atom. The summed E-state index contributed by atoms with van der Waals surface area (Å²) in [6.07, 6.45) is 2.43. The largest absolute Gasteiger partial charge is 0.396 e. The maximum atomic E-state index is 10.3. The summed E-state index contributed by atoms with van der Waals surface area (Å²) in [6.45, 7) is 2.61. The molecule has 0 aliphatic heterocycles. The van der Waals surface area contributed by atoms with E-state index in [0.717, 1.165) is 0 Å². The molecule has 0 bridgehead atoms. The summed E-state index contributed by atoms with van der Waals surface area (Å²) < 4.78 is 0. The summed E-state index contributed by atoms with van der Waals surface area (Å²) in [4.78, 5) is 2.31. The van der Waals surface area contributed by atoms with Crippen molar-refractivity contribution in [1.29, 1.82) is 0 Å². The lowest BCUT2D eigenvalue weighted by Crippen LogP contribution is -2.38. The van der Waals surface area contributed by atoms with Crippen molar-refractivity contribution >= 4 is 18.5 Å². The lowest BCUT2D eigenvalue weighted by atomic mass is 9.89.